The highest BCUT2D eigenvalue weighted by atomic mass is 16.5. The van der Waals surface area contributed by atoms with Gasteiger partial charge in [0.05, 0.1) is 0 Å². The molecule has 0 aliphatic heterocycles. The summed E-state index contributed by atoms with van der Waals surface area (Å²) >= 11 is 0. The minimum Gasteiger partial charge on any atom is -0.480 e. The summed E-state index contributed by atoms with van der Waals surface area (Å²) < 4.78 is 5.15. The third kappa shape index (κ3) is 3.48. The summed E-state index contributed by atoms with van der Waals surface area (Å²) in [5.41, 5.74) is 0. The van der Waals surface area contributed by atoms with Gasteiger partial charge in [0.2, 0.25) is 5.91 Å². The van der Waals surface area contributed by atoms with Crippen molar-refractivity contribution in [1.82, 2.24) is 4.90 Å². The summed E-state index contributed by atoms with van der Waals surface area (Å²) in [6, 6.07) is -0.658. The van der Waals surface area contributed by atoms with Crippen LogP contribution in [0.1, 0.15) is 33.1 Å². The van der Waals surface area contributed by atoms with Crippen molar-refractivity contribution in [1.29, 1.82) is 0 Å². The minimum absolute atomic E-state index is 0.0119. The van der Waals surface area contributed by atoms with Crippen LogP contribution in [0.25, 0.3) is 0 Å². The molecular formula is C11H19NO4. The molecule has 1 N–H and O–H groups in total. The van der Waals surface area contributed by atoms with E-state index in [1.54, 1.807) is 6.92 Å². The van der Waals surface area contributed by atoms with Crippen LogP contribution in [0.3, 0.4) is 0 Å². The fraction of sp³-hybridized carbons (Fsp3) is 0.818. The molecule has 1 aliphatic carbocycles. The van der Waals surface area contributed by atoms with Gasteiger partial charge in [0.1, 0.15) is 12.6 Å². The number of aliphatic carboxylic acids is 1. The Balaban J connectivity index is 2.49. The first-order chi connectivity index (χ1) is 7.57. The number of carbonyl (C=O) groups excluding carboxylic acids is 1. The third-order valence-electron chi connectivity index (χ3n) is 2.58. The van der Waals surface area contributed by atoms with Crippen LogP contribution in [0.2, 0.25) is 0 Å². The van der Waals surface area contributed by atoms with E-state index in [4.69, 9.17) is 9.84 Å². The van der Waals surface area contributed by atoms with E-state index in [0.717, 1.165) is 19.3 Å². The largest absolute Gasteiger partial charge is 0.480 e. The third-order valence-corrected chi connectivity index (χ3v) is 2.58. The molecule has 92 valence electrons. The van der Waals surface area contributed by atoms with E-state index in [2.05, 4.69) is 0 Å². The lowest BCUT2D eigenvalue weighted by atomic mass is 10.2. The molecule has 0 spiro atoms. The molecule has 16 heavy (non-hydrogen) atoms. The van der Waals surface area contributed by atoms with E-state index < -0.39 is 12.0 Å². The van der Waals surface area contributed by atoms with Crippen molar-refractivity contribution >= 4 is 11.9 Å². The lowest BCUT2D eigenvalue weighted by molar-refractivity contribution is -0.152. The summed E-state index contributed by atoms with van der Waals surface area (Å²) in [7, 11) is 0. The number of rotatable bonds is 7. The van der Waals surface area contributed by atoms with Crippen molar-refractivity contribution in [2.75, 3.05) is 13.2 Å². The van der Waals surface area contributed by atoms with Gasteiger partial charge in [-0.25, -0.2) is 4.79 Å². The predicted molar refractivity (Wildman–Crippen MR) is 58.1 cm³/mol. The zero-order chi connectivity index (χ0) is 12.1. The molecule has 5 nitrogen and oxygen atoms in total. The number of carbonyl (C=O) groups is 2. The van der Waals surface area contributed by atoms with Crippen LogP contribution in [0.4, 0.5) is 0 Å². The zero-order valence-electron chi connectivity index (χ0n) is 9.81. The molecule has 1 saturated carbocycles. The van der Waals surface area contributed by atoms with E-state index in [1.165, 1.54) is 4.90 Å². The standard InChI is InChI=1S/C11H19NO4/c1-3-6-16-7-10(13)12(9-4-5-9)8(2)11(14)15/h8-9H,3-7H2,1-2H3,(H,14,15). The molecule has 1 atom stereocenters. The first-order valence-corrected chi connectivity index (χ1v) is 5.69. The van der Waals surface area contributed by atoms with Crippen molar-refractivity contribution < 1.29 is 19.4 Å². The van der Waals surface area contributed by atoms with Gasteiger partial charge in [-0.15, -0.1) is 0 Å². The zero-order valence-corrected chi connectivity index (χ0v) is 9.81. The Morgan fingerprint density at radius 3 is 2.56 bits per heavy atom. The van der Waals surface area contributed by atoms with E-state index in [9.17, 15) is 9.59 Å². The van der Waals surface area contributed by atoms with Crippen LogP contribution in [0.5, 0.6) is 0 Å². The van der Waals surface area contributed by atoms with Gasteiger partial charge < -0.3 is 14.7 Å². The summed E-state index contributed by atoms with van der Waals surface area (Å²) in [4.78, 5) is 24.1. The highest BCUT2D eigenvalue weighted by molar-refractivity contribution is 5.84. The number of carboxylic acids is 1. The van der Waals surface area contributed by atoms with Crippen molar-refractivity contribution in [3.05, 3.63) is 0 Å². The lowest BCUT2D eigenvalue weighted by Gasteiger charge is -2.26. The first-order valence-electron chi connectivity index (χ1n) is 5.69. The van der Waals surface area contributed by atoms with Crippen LogP contribution < -0.4 is 0 Å². The summed E-state index contributed by atoms with van der Waals surface area (Å²) in [6.45, 7) is 4.02. The number of amides is 1. The number of ether oxygens (including phenoxy) is 1. The normalized spacial score (nSPS) is 16.9. The van der Waals surface area contributed by atoms with Gasteiger partial charge in [0.15, 0.2) is 0 Å². The Hall–Kier alpha value is -1.10. The van der Waals surface area contributed by atoms with Gasteiger partial charge in [-0.05, 0) is 26.2 Å². The highest BCUT2D eigenvalue weighted by Gasteiger charge is 2.38. The average molecular weight is 229 g/mol. The molecule has 0 saturated heterocycles. The molecule has 1 unspecified atom stereocenters. The Labute approximate surface area is 95.4 Å². The SMILES string of the molecule is CCCOCC(=O)N(C1CC1)C(C)C(=O)O. The van der Waals surface area contributed by atoms with Crippen molar-refractivity contribution in [2.45, 2.75) is 45.2 Å². The van der Waals surface area contributed by atoms with E-state index in [-0.39, 0.29) is 18.6 Å². The fourth-order valence-corrected chi connectivity index (χ4v) is 1.59. The van der Waals surface area contributed by atoms with Crippen LogP contribution in [-0.4, -0.2) is 47.2 Å². The number of carboxylic acid groups (broad SMARTS) is 1. The molecule has 0 bridgehead atoms. The van der Waals surface area contributed by atoms with Crippen molar-refractivity contribution in [2.24, 2.45) is 0 Å². The molecule has 0 radical (unpaired) electrons. The second-order valence-corrected chi connectivity index (χ2v) is 4.10. The molecule has 1 fully saturated rings. The van der Waals surface area contributed by atoms with Gasteiger partial charge in [-0.2, -0.15) is 0 Å². The van der Waals surface area contributed by atoms with Crippen LogP contribution >= 0.6 is 0 Å². The van der Waals surface area contributed by atoms with Gasteiger partial charge in [-0.3, -0.25) is 4.79 Å². The second kappa shape index (κ2) is 5.84. The monoisotopic (exact) mass is 229 g/mol. The van der Waals surface area contributed by atoms with E-state index >= 15 is 0 Å². The maximum Gasteiger partial charge on any atom is 0.326 e. The fourth-order valence-electron chi connectivity index (χ4n) is 1.59. The minimum atomic E-state index is -0.962. The maximum absolute atomic E-state index is 11.8. The summed E-state index contributed by atoms with van der Waals surface area (Å²) in [5.74, 6) is -1.18. The smallest absolute Gasteiger partial charge is 0.326 e. The first kappa shape index (κ1) is 13.0. The van der Waals surface area contributed by atoms with Crippen molar-refractivity contribution in [3.63, 3.8) is 0 Å². The predicted octanol–water partition coefficient (Wildman–Crippen LogP) is 0.877. The molecule has 0 heterocycles. The Kier molecular flexibility index (Phi) is 4.73. The molecule has 0 aromatic carbocycles. The van der Waals surface area contributed by atoms with Gasteiger partial charge >= 0.3 is 5.97 Å². The number of hydrogen-bond acceptors (Lipinski definition) is 3. The summed E-state index contributed by atoms with van der Waals surface area (Å²) in [6.07, 6.45) is 2.65. The maximum atomic E-state index is 11.8. The number of nitrogens with zero attached hydrogens (tertiary/aromatic N) is 1. The Bertz CT molecular complexity index is 263. The average Bonchev–Trinajstić information content (AvgIpc) is 3.02. The van der Waals surface area contributed by atoms with Gasteiger partial charge in [-0.1, -0.05) is 6.92 Å². The van der Waals surface area contributed by atoms with Crippen molar-refractivity contribution in [3.8, 4) is 0 Å². The van der Waals surface area contributed by atoms with Gasteiger partial charge in [0, 0.05) is 12.6 Å². The molecule has 0 aromatic rings. The molecule has 0 aromatic heterocycles. The van der Waals surface area contributed by atoms with Crippen LogP contribution in [0.15, 0.2) is 0 Å². The molecular weight excluding hydrogens is 210 g/mol. The molecule has 5 heteroatoms. The van der Waals surface area contributed by atoms with Gasteiger partial charge in [0.25, 0.3) is 0 Å². The number of hydrogen-bond donors (Lipinski definition) is 1. The van der Waals surface area contributed by atoms with Crippen LogP contribution in [0, 0.1) is 0 Å². The lowest BCUT2D eigenvalue weighted by Crippen LogP contribution is -2.46. The van der Waals surface area contributed by atoms with E-state index in [0.29, 0.717) is 6.61 Å². The second-order valence-electron chi connectivity index (χ2n) is 4.10. The quantitative estimate of drug-likeness (QED) is 0.658. The Morgan fingerprint density at radius 1 is 1.50 bits per heavy atom. The Morgan fingerprint density at radius 2 is 2.12 bits per heavy atom. The highest BCUT2D eigenvalue weighted by Crippen LogP contribution is 2.28. The van der Waals surface area contributed by atoms with Crippen LogP contribution in [-0.2, 0) is 14.3 Å². The molecule has 1 aliphatic rings. The topological polar surface area (TPSA) is 66.8 Å². The molecule has 1 amide bonds. The van der Waals surface area contributed by atoms with E-state index in [1.807, 2.05) is 6.92 Å². The molecule has 1 rings (SSSR count). The summed E-state index contributed by atoms with van der Waals surface area (Å²) in [5, 5.41) is 8.91.